The molecule has 2 atom stereocenters. The molecule has 2 rings (SSSR count). The average molecular weight is 279 g/mol. The van der Waals surface area contributed by atoms with Crippen LogP contribution in [0.5, 0.6) is 17.2 Å². The Bertz CT molecular complexity index is 459. The maximum Gasteiger partial charge on any atom is 0.200 e. The van der Waals surface area contributed by atoms with Crippen molar-refractivity contribution in [3.63, 3.8) is 0 Å². The van der Waals surface area contributed by atoms with Gasteiger partial charge in [0.1, 0.15) is 0 Å². The van der Waals surface area contributed by atoms with E-state index in [0.29, 0.717) is 30.0 Å². The highest BCUT2D eigenvalue weighted by molar-refractivity contribution is 5.53. The molecule has 1 saturated carbocycles. The number of nitrogens with one attached hydrogen (secondary N) is 1. The Morgan fingerprint density at radius 2 is 1.80 bits per heavy atom. The fraction of sp³-hybridized carbons (Fsp3) is 0.625. The lowest BCUT2D eigenvalue weighted by molar-refractivity contribution is 0.204. The summed E-state index contributed by atoms with van der Waals surface area (Å²) < 4.78 is 0. The van der Waals surface area contributed by atoms with E-state index in [0.717, 1.165) is 6.42 Å². The molecule has 0 spiro atoms. The van der Waals surface area contributed by atoms with Crippen molar-refractivity contribution in [3.8, 4) is 17.2 Å². The molecule has 4 N–H and O–H groups in total. The van der Waals surface area contributed by atoms with E-state index < -0.39 is 5.75 Å². The lowest BCUT2D eigenvalue weighted by Gasteiger charge is -2.35. The zero-order valence-electron chi connectivity index (χ0n) is 12.3. The van der Waals surface area contributed by atoms with E-state index in [2.05, 4.69) is 19.2 Å². The number of phenols is 3. The first-order valence-corrected chi connectivity index (χ1v) is 7.47. The largest absolute Gasteiger partial charge is 0.504 e. The van der Waals surface area contributed by atoms with Crippen LogP contribution in [-0.2, 0) is 6.54 Å². The van der Waals surface area contributed by atoms with Gasteiger partial charge in [-0.05, 0) is 30.7 Å². The van der Waals surface area contributed by atoms with Gasteiger partial charge in [0.2, 0.25) is 5.75 Å². The molecule has 0 saturated heterocycles. The van der Waals surface area contributed by atoms with Gasteiger partial charge in [-0.2, -0.15) is 0 Å². The third-order valence-electron chi connectivity index (χ3n) is 4.44. The van der Waals surface area contributed by atoms with Gasteiger partial charge in [-0.1, -0.05) is 32.8 Å². The zero-order chi connectivity index (χ0) is 14.7. The number of rotatable bonds is 4. The van der Waals surface area contributed by atoms with Crippen LogP contribution < -0.4 is 5.32 Å². The van der Waals surface area contributed by atoms with Gasteiger partial charge in [0.15, 0.2) is 11.5 Å². The average Bonchev–Trinajstić information content (AvgIpc) is 2.44. The minimum Gasteiger partial charge on any atom is -0.504 e. The molecule has 2 unspecified atom stereocenters. The molecule has 20 heavy (non-hydrogen) atoms. The summed E-state index contributed by atoms with van der Waals surface area (Å²) in [5.41, 5.74) is 0.619. The van der Waals surface area contributed by atoms with Crippen molar-refractivity contribution in [1.82, 2.24) is 5.32 Å². The highest BCUT2D eigenvalue weighted by atomic mass is 16.3. The molecule has 0 radical (unpaired) electrons. The van der Waals surface area contributed by atoms with Crippen LogP contribution in [0.4, 0.5) is 0 Å². The van der Waals surface area contributed by atoms with Crippen molar-refractivity contribution >= 4 is 0 Å². The summed E-state index contributed by atoms with van der Waals surface area (Å²) in [7, 11) is 0. The highest BCUT2D eigenvalue weighted by Gasteiger charge is 2.27. The Labute approximate surface area is 120 Å². The Kier molecular flexibility index (Phi) is 4.76. The van der Waals surface area contributed by atoms with Crippen LogP contribution in [0, 0.1) is 11.8 Å². The van der Waals surface area contributed by atoms with Crippen molar-refractivity contribution in [2.24, 2.45) is 11.8 Å². The van der Waals surface area contributed by atoms with Gasteiger partial charge in [0.25, 0.3) is 0 Å². The molecule has 1 aromatic carbocycles. The van der Waals surface area contributed by atoms with E-state index in [1.807, 2.05) is 0 Å². The number of aromatic hydroxyl groups is 3. The molecule has 112 valence electrons. The SMILES string of the molecule is CC(C)C1CCCCC1NCc1ccc(O)c(O)c1O. The predicted molar refractivity (Wildman–Crippen MR) is 78.9 cm³/mol. The van der Waals surface area contributed by atoms with E-state index in [1.165, 1.54) is 25.3 Å². The zero-order valence-corrected chi connectivity index (χ0v) is 12.3. The minimum absolute atomic E-state index is 0.227. The van der Waals surface area contributed by atoms with Gasteiger partial charge in [-0.3, -0.25) is 0 Å². The number of hydrogen-bond acceptors (Lipinski definition) is 4. The van der Waals surface area contributed by atoms with Crippen LogP contribution in [0.25, 0.3) is 0 Å². The third kappa shape index (κ3) is 3.18. The first-order chi connectivity index (χ1) is 9.50. The molecular weight excluding hydrogens is 254 g/mol. The summed E-state index contributed by atoms with van der Waals surface area (Å²) in [6.45, 7) is 5.02. The molecule has 0 heterocycles. The summed E-state index contributed by atoms with van der Waals surface area (Å²) in [5.74, 6) is 0.359. The summed E-state index contributed by atoms with van der Waals surface area (Å²) >= 11 is 0. The highest BCUT2D eigenvalue weighted by Crippen LogP contribution is 2.37. The second kappa shape index (κ2) is 6.35. The Morgan fingerprint density at radius 1 is 1.10 bits per heavy atom. The van der Waals surface area contributed by atoms with E-state index in [1.54, 1.807) is 6.07 Å². The van der Waals surface area contributed by atoms with E-state index >= 15 is 0 Å². The molecule has 1 fully saturated rings. The second-order valence-electron chi connectivity index (χ2n) is 6.12. The molecule has 1 aliphatic carbocycles. The van der Waals surface area contributed by atoms with Crippen LogP contribution in [-0.4, -0.2) is 21.4 Å². The van der Waals surface area contributed by atoms with Crippen LogP contribution in [0.15, 0.2) is 12.1 Å². The maximum absolute atomic E-state index is 9.83. The molecule has 0 aromatic heterocycles. The van der Waals surface area contributed by atoms with E-state index in [-0.39, 0.29) is 11.5 Å². The van der Waals surface area contributed by atoms with Crippen molar-refractivity contribution in [1.29, 1.82) is 0 Å². The van der Waals surface area contributed by atoms with Crippen LogP contribution in [0.3, 0.4) is 0 Å². The van der Waals surface area contributed by atoms with Crippen molar-refractivity contribution < 1.29 is 15.3 Å². The molecule has 4 heteroatoms. The summed E-state index contributed by atoms with van der Waals surface area (Å²) in [5, 5.41) is 32.2. The summed E-state index contributed by atoms with van der Waals surface area (Å²) in [6.07, 6.45) is 4.95. The standard InChI is InChI=1S/C16H25NO3/c1-10(2)12-5-3-4-6-13(12)17-9-11-7-8-14(18)16(20)15(11)19/h7-8,10,12-13,17-20H,3-6,9H2,1-2H3. The lowest BCUT2D eigenvalue weighted by atomic mass is 9.78. The van der Waals surface area contributed by atoms with Gasteiger partial charge < -0.3 is 20.6 Å². The topological polar surface area (TPSA) is 72.7 Å². The van der Waals surface area contributed by atoms with Crippen LogP contribution >= 0.6 is 0 Å². The predicted octanol–water partition coefficient (Wildman–Crippen LogP) is 3.11. The molecule has 1 aromatic rings. The van der Waals surface area contributed by atoms with E-state index in [9.17, 15) is 15.3 Å². The van der Waals surface area contributed by atoms with Gasteiger partial charge >= 0.3 is 0 Å². The molecular formula is C16H25NO3. The quantitative estimate of drug-likeness (QED) is 0.639. The Balaban J connectivity index is 2.02. The first-order valence-electron chi connectivity index (χ1n) is 7.47. The van der Waals surface area contributed by atoms with Gasteiger partial charge in [0.05, 0.1) is 0 Å². The Hall–Kier alpha value is -1.42. The Morgan fingerprint density at radius 3 is 2.50 bits per heavy atom. The molecule has 0 amide bonds. The van der Waals surface area contributed by atoms with E-state index in [4.69, 9.17) is 0 Å². The fourth-order valence-electron chi connectivity index (χ4n) is 3.21. The summed E-state index contributed by atoms with van der Waals surface area (Å²) in [4.78, 5) is 0. The fourth-order valence-corrected chi connectivity index (χ4v) is 3.21. The second-order valence-corrected chi connectivity index (χ2v) is 6.12. The smallest absolute Gasteiger partial charge is 0.200 e. The molecule has 0 aliphatic heterocycles. The van der Waals surface area contributed by atoms with Gasteiger partial charge in [-0.15, -0.1) is 0 Å². The third-order valence-corrected chi connectivity index (χ3v) is 4.44. The van der Waals surface area contributed by atoms with Crippen molar-refractivity contribution in [3.05, 3.63) is 17.7 Å². The number of hydrogen-bond donors (Lipinski definition) is 4. The minimum atomic E-state index is -0.437. The van der Waals surface area contributed by atoms with Crippen molar-refractivity contribution in [2.45, 2.75) is 52.1 Å². The number of benzene rings is 1. The van der Waals surface area contributed by atoms with Gasteiger partial charge in [-0.25, -0.2) is 0 Å². The normalized spacial score (nSPS) is 23.1. The molecule has 0 bridgehead atoms. The molecule has 4 nitrogen and oxygen atoms in total. The van der Waals surface area contributed by atoms with Gasteiger partial charge in [0, 0.05) is 18.2 Å². The monoisotopic (exact) mass is 279 g/mol. The molecule has 1 aliphatic rings. The van der Waals surface area contributed by atoms with Crippen LogP contribution in [0.2, 0.25) is 0 Å². The van der Waals surface area contributed by atoms with Crippen molar-refractivity contribution in [2.75, 3.05) is 0 Å². The maximum atomic E-state index is 9.83. The number of phenolic OH excluding ortho intramolecular Hbond substituents is 3. The lowest BCUT2D eigenvalue weighted by Crippen LogP contribution is -2.40. The summed E-state index contributed by atoms with van der Waals surface area (Å²) in [6, 6.07) is 3.51. The first kappa shape index (κ1) is 15.0. The van der Waals surface area contributed by atoms with Crippen LogP contribution in [0.1, 0.15) is 45.1 Å².